The summed E-state index contributed by atoms with van der Waals surface area (Å²) >= 11 is 0. The first-order chi connectivity index (χ1) is 15.1. The van der Waals surface area contributed by atoms with Crippen molar-refractivity contribution >= 4 is 0 Å². The zero-order chi connectivity index (χ0) is 21.5. The summed E-state index contributed by atoms with van der Waals surface area (Å²) in [7, 11) is 0. The molecular weight excluding hydrogens is 397 g/mol. The van der Waals surface area contributed by atoms with Gasteiger partial charge in [0.2, 0.25) is 0 Å². The number of piperidine rings is 1. The molecule has 0 radical (unpaired) electrons. The highest BCUT2D eigenvalue weighted by molar-refractivity contribution is 5.28. The summed E-state index contributed by atoms with van der Waals surface area (Å²) in [6.45, 7) is 3.66. The third-order valence-corrected chi connectivity index (χ3v) is 5.57. The summed E-state index contributed by atoms with van der Waals surface area (Å²) in [6, 6.07) is 16.3. The zero-order valence-electron chi connectivity index (χ0n) is 17.5. The van der Waals surface area contributed by atoms with E-state index >= 15 is 0 Å². The molecule has 3 aromatic rings. The Hall–Kier alpha value is -2.90. The Labute approximate surface area is 181 Å². The van der Waals surface area contributed by atoms with Crippen molar-refractivity contribution in [3.63, 3.8) is 0 Å². The van der Waals surface area contributed by atoms with Crippen LogP contribution >= 0.6 is 0 Å². The molecule has 1 N–H and O–H groups in total. The minimum absolute atomic E-state index is 0.0986. The highest BCUT2D eigenvalue weighted by Gasteiger charge is 2.33. The van der Waals surface area contributed by atoms with Crippen molar-refractivity contribution in [1.82, 2.24) is 14.7 Å². The van der Waals surface area contributed by atoms with Gasteiger partial charge in [0.1, 0.15) is 24.6 Å². The summed E-state index contributed by atoms with van der Waals surface area (Å²) in [4.78, 5) is 2.31. The van der Waals surface area contributed by atoms with Gasteiger partial charge in [-0.1, -0.05) is 24.3 Å². The van der Waals surface area contributed by atoms with Gasteiger partial charge in [-0.25, -0.2) is 4.39 Å². The molecule has 2 heterocycles. The topological polar surface area (TPSA) is 59.8 Å². The van der Waals surface area contributed by atoms with Crippen LogP contribution in [0.1, 0.15) is 18.4 Å². The van der Waals surface area contributed by atoms with Crippen LogP contribution in [0.3, 0.4) is 0 Å². The molecule has 1 aliphatic heterocycles. The van der Waals surface area contributed by atoms with Gasteiger partial charge in [-0.2, -0.15) is 5.10 Å². The molecule has 0 aliphatic carbocycles. The highest BCUT2D eigenvalue weighted by Crippen LogP contribution is 2.26. The minimum atomic E-state index is -0.934. The van der Waals surface area contributed by atoms with E-state index in [1.54, 1.807) is 24.4 Å². The smallest absolute Gasteiger partial charge is 0.165 e. The number of para-hydroxylation sites is 1. The van der Waals surface area contributed by atoms with Crippen molar-refractivity contribution in [1.29, 1.82) is 0 Å². The van der Waals surface area contributed by atoms with Gasteiger partial charge in [0.25, 0.3) is 0 Å². The number of halogens is 1. The Morgan fingerprint density at radius 2 is 1.87 bits per heavy atom. The fourth-order valence-electron chi connectivity index (χ4n) is 3.73. The monoisotopic (exact) mass is 425 g/mol. The lowest BCUT2D eigenvalue weighted by atomic mass is 9.92. The fraction of sp³-hybridized carbons (Fsp3) is 0.375. The lowest BCUT2D eigenvalue weighted by Gasteiger charge is -2.38. The maximum atomic E-state index is 13.7. The second-order valence-corrected chi connectivity index (χ2v) is 7.98. The number of benzene rings is 2. The largest absolute Gasteiger partial charge is 0.492 e. The molecule has 1 aliphatic rings. The number of nitrogens with zero attached hydrogens (tertiary/aromatic N) is 3. The molecular formula is C24H28FN3O3. The molecule has 1 aromatic heterocycles. The van der Waals surface area contributed by atoms with E-state index in [1.807, 2.05) is 29.1 Å². The van der Waals surface area contributed by atoms with Crippen molar-refractivity contribution in [3.05, 3.63) is 78.4 Å². The maximum absolute atomic E-state index is 13.7. The number of likely N-dealkylation sites (tertiary alicyclic amines) is 1. The first-order valence-corrected chi connectivity index (χ1v) is 10.6. The zero-order valence-corrected chi connectivity index (χ0v) is 17.5. The predicted molar refractivity (Wildman–Crippen MR) is 116 cm³/mol. The van der Waals surface area contributed by atoms with Crippen molar-refractivity contribution in [3.8, 4) is 11.5 Å². The maximum Gasteiger partial charge on any atom is 0.165 e. The Bertz CT molecular complexity index is 956. The molecule has 0 saturated carbocycles. The van der Waals surface area contributed by atoms with Gasteiger partial charge >= 0.3 is 0 Å². The van der Waals surface area contributed by atoms with E-state index in [-0.39, 0.29) is 12.4 Å². The molecule has 6 nitrogen and oxygen atoms in total. The lowest BCUT2D eigenvalue weighted by molar-refractivity contribution is -0.0543. The normalized spacial score (nSPS) is 16.2. The molecule has 0 amide bonds. The number of hydrogen-bond donors (Lipinski definition) is 1. The molecule has 1 saturated heterocycles. The van der Waals surface area contributed by atoms with E-state index in [9.17, 15) is 9.50 Å². The van der Waals surface area contributed by atoms with Crippen LogP contribution in [0.2, 0.25) is 0 Å². The molecule has 0 spiro atoms. The van der Waals surface area contributed by atoms with E-state index in [0.29, 0.717) is 26.0 Å². The molecule has 164 valence electrons. The fourth-order valence-corrected chi connectivity index (χ4v) is 3.73. The molecule has 0 atom stereocenters. The number of ether oxygens (including phenoxy) is 2. The number of hydrogen-bond acceptors (Lipinski definition) is 5. The third-order valence-electron chi connectivity index (χ3n) is 5.57. The van der Waals surface area contributed by atoms with Gasteiger partial charge in [0, 0.05) is 32.0 Å². The Kier molecular flexibility index (Phi) is 6.84. The average molecular weight is 426 g/mol. The first-order valence-electron chi connectivity index (χ1n) is 10.6. The van der Waals surface area contributed by atoms with Crippen LogP contribution in [-0.4, -0.2) is 51.7 Å². The van der Waals surface area contributed by atoms with Gasteiger partial charge in [0.15, 0.2) is 11.6 Å². The van der Waals surface area contributed by atoms with Gasteiger partial charge in [-0.05, 0) is 48.7 Å². The van der Waals surface area contributed by atoms with Crippen LogP contribution in [0.25, 0.3) is 0 Å². The number of aliphatic hydroxyl groups is 1. The Balaban J connectivity index is 1.23. The van der Waals surface area contributed by atoms with Crippen molar-refractivity contribution in [2.75, 3.05) is 26.3 Å². The number of rotatable bonds is 9. The molecule has 31 heavy (non-hydrogen) atoms. The summed E-state index contributed by atoms with van der Waals surface area (Å²) < 4.78 is 27.0. The van der Waals surface area contributed by atoms with E-state index in [1.165, 1.54) is 11.6 Å². The SMILES string of the molecule is OC1(COc2ccccc2F)CCN(Cc2cccc(OCCn3cccn3)c2)CC1. The summed E-state index contributed by atoms with van der Waals surface area (Å²) in [5, 5.41) is 15.0. The van der Waals surface area contributed by atoms with Crippen LogP contribution in [0, 0.1) is 5.82 Å². The molecule has 7 heteroatoms. The summed E-state index contributed by atoms with van der Waals surface area (Å²) in [5.74, 6) is 0.620. The average Bonchev–Trinajstić information content (AvgIpc) is 3.29. The van der Waals surface area contributed by atoms with Crippen LogP contribution in [0.4, 0.5) is 4.39 Å². The van der Waals surface area contributed by atoms with E-state index in [2.05, 4.69) is 22.1 Å². The second kappa shape index (κ2) is 9.94. The van der Waals surface area contributed by atoms with Gasteiger partial charge in [0.05, 0.1) is 6.54 Å². The lowest BCUT2D eigenvalue weighted by Crippen LogP contribution is -2.47. The van der Waals surface area contributed by atoms with Gasteiger partial charge < -0.3 is 14.6 Å². The highest BCUT2D eigenvalue weighted by atomic mass is 19.1. The van der Waals surface area contributed by atoms with Crippen LogP contribution < -0.4 is 9.47 Å². The van der Waals surface area contributed by atoms with Crippen LogP contribution in [0.5, 0.6) is 11.5 Å². The van der Waals surface area contributed by atoms with E-state index in [0.717, 1.165) is 25.4 Å². The van der Waals surface area contributed by atoms with Crippen LogP contribution in [0.15, 0.2) is 67.0 Å². The molecule has 1 fully saturated rings. The number of aromatic nitrogens is 2. The van der Waals surface area contributed by atoms with Gasteiger partial charge in [-0.3, -0.25) is 9.58 Å². The second-order valence-electron chi connectivity index (χ2n) is 7.98. The van der Waals surface area contributed by atoms with Gasteiger partial charge in [-0.15, -0.1) is 0 Å². The van der Waals surface area contributed by atoms with Crippen molar-refractivity contribution in [2.45, 2.75) is 31.5 Å². The molecule has 0 unspecified atom stereocenters. The van der Waals surface area contributed by atoms with Crippen molar-refractivity contribution in [2.24, 2.45) is 0 Å². The molecule has 0 bridgehead atoms. The summed E-state index contributed by atoms with van der Waals surface area (Å²) in [5.41, 5.74) is 0.237. The van der Waals surface area contributed by atoms with Crippen molar-refractivity contribution < 1.29 is 19.0 Å². The quantitative estimate of drug-likeness (QED) is 0.569. The van der Waals surface area contributed by atoms with E-state index < -0.39 is 11.4 Å². The first kappa shape index (κ1) is 21.3. The van der Waals surface area contributed by atoms with Crippen LogP contribution in [-0.2, 0) is 13.1 Å². The Morgan fingerprint density at radius 3 is 2.65 bits per heavy atom. The Morgan fingerprint density at radius 1 is 1.03 bits per heavy atom. The third kappa shape index (κ3) is 6.06. The minimum Gasteiger partial charge on any atom is -0.492 e. The molecule has 4 rings (SSSR count). The summed E-state index contributed by atoms with van der Waals surface area (Å²) in [6.07, 6.45) is 4.84. The predicted octanol–water partition coefficient (Wildman–Crippen LogP) is 3.51. The standard InChI is InChI=1S/C24H28FN3O3/c25-22-7-1-2-8-23(22)31-19-24(29)9-13-27(14-10-24)18-20-5-3-6-21(17-20)30-16-15-28-12-4-11-26-28/h1-8,11-12,17,29H,9-10,13-16,18-19H2. The molecule has 2 aromatic carbocycles. The van der Waals surface area contributed by atoms with E-state index in [4.69, 9.17) is 9.47 Å².